The number of benzene rings is 2. The summed E-state index contributed by atoms with van der Waals surface area (Å²) in [5.41, 5.74) is 2.03. The molecule has 0 radical (unpaired) electrons. The summed E-state index contributed by atoms with van der Waals surface area (Å²) in [6.45, 7) is 4.75. The molecule has 1 unspecified atom stereocenters. The summed E-state index contributed by atoms with van der Waals surface area (Å²) in [5.74, 6) is 2.19. The Morgan fingerprint density at radius 2 is 1.66 bits per heavy atom. The molecule has 0 saturated heterocycles. The van der Waals surface area contributed by atoms with Crippen LogP contribution >= 0.6 is 0 Å². The highest BCUT2D eigenvalue weighted by Gasteiger charge is 2.61. The molecule has 1 aliphatic heterocycles. The molecule has 1 heterocycles. The number of phenols is 1. The fourth-order valence-corrected chi connectivity index (χ4v) is 9.08. The summed E-state index contributed by atoms with van der Waals surface area (Å²) >= 11 is 0. The zero-order valence-electron chi connectivity index (χ0n) is 22.8. The predicted octanol–water partition coefficient (Wildman–Crippen LogP) is 5.85. The van der Waals surface area contributed by atoms with E-state index in [1.54, 1.807) is 18.2 Å². The van der Waals surface area contributed by atoms with Gasteiger partial charge in [0.1, 0.15) is 5.75 Å². The highest BCUT2D eigenvalue weighted by molar-refractivity contribution is 5.89. The van der Waals surface area contributed by atoms with E-state index in [-0.39, 0.29) is 46.4 Å². The van der Waals surface area contributed by atoms with Gasteiger partial charge >= 0.3 is 0 Å². The standard InChI is InChI=1S/C33H40N2O3/c1-32-19-17-26-24(13-16-28-33(26,2)20-18-29(37)35(28)3)25(32)14-15-27(32)31(38)34-30(21-7-5-4-6-8-21)22-9-11-23(36)12-10-22/h4-12,18,20,24-28,30,36H,13-17,19H2,1-3H3,(H,34,38)/t24-,25-,26-,27+,28+,30?,32-,33+/m0/s1. The molecule has 3 aliphatic carbocycles. The van der Waals surface area contributed by atoms with Gasteiger partial charge in [0, 0.05) is 24.4 Å². The molecule has 200 valence electrons. The fraction of sp³-hybridized carbons (Fsp3) is 0.515. The second-order valence-corrected chi connectivity index (χ2v) is 12.7. The fourth-order valence-electron chi connectivity index (χ4n) is 9.08. The van der Waals surface area contributed by atoms with Gasteiger partial charge in [-0.15, -0.1) is 0 Å². The first-order valence-corrected chi connectivity index (χ1v) is 14.3. The van der Waals surface area contributed by atoms with Gasteiger partial charge in [0.15, 0.2) is 0 Å². The number of amides is 2. The lowest BCUT2D eigenvalue weighted by Gasteiger charge is -2.60. The maximum Gasteiger partial charge on any atom is 0.246 e. The van der Waals surface area contributed by atoms with Crippen LogP contribution in [0.25, 0.3) is 0 Å². The molecule has 0 aromatic heterocycles. The normalized spacial score (nSPS) is 36.7. The minimum Gasteiger partial charge on any atom is -0.508 e. The first kappa shape index (κ1) is 25.2. The minimum absolute atomic E-state index is 0.00606. The van der Waals surface area contributed by atoms with Crippen molar-refractivity contribution in [1.29, 1.82) is 0 Å². The average molecular weight is 513 g/mol. The van der Waals surface area contributed by atoms with Crippen LogP contribution < -0.4 is 5.32 Å². The first-order chi connectivity index (χ1) is 18.2. The summed E-state index contributed by atoms with van der Waals surface area (Å²) in [5, 5.41) is 13.3. The average Bonchev–Trinajstić information content (AvgIpc) is 3.28. The van der Waals surface area contributed by atoms with E-state index in [1.165, 1.54) is 0 Å². The topological polar surface area (TPSA) is 69.6 Å². The molecule has 38 heavy (non-hydrogen) atoms. The van der Waals surface area contributed by atoms with Gasteiger partial charge in [-0.05, 0) is 91.0 Å². The number of phenolic OH excluding ortho intramolecular Hbond substituents is 1. The molecule has 2 N–H and O–H groups in total. The highest BCUT2D eigenvalue weighted by atomic mass is 16.3. The van der Waals surface area contributed by atoms with Crippen molar-refractivity contribution in [3.05, 3.63) is 77.9 Å². The number of carbonyl (C=O) groups excluding carboxylic acids is 2. The first-order valence-electron chi connectivity index (χ1n) is 14.3. The lowest BCUT2D eigenvalue weighted by molar-refractivity contribution is -0.142. The van der Waals surface area contributed by atoms with Gasteiger partial charge in [-0.25, -0.2) is 0 Å². The number of fused-ring (bicyclic) bond motifs is 5. The Balaban J connectivity index is 1.25. The van der Waals surface area contributed by atoms with Gasteiger partial charge < -0.3 is 15.3 Å². The van der Waals surface area contributed by atoms with Crippen molar-refractivity contribution in [2.75, 3.05) is 7.05 Å². The molecular weight excluding hydrogens is 472 g/mol. The Bertz CT molecular complexity index is 1240. The van der Waals surface area contributed by atoms with Crippen LogP contribution in [0.3, 0.4) is 0 Å². The molecule has 2 amide bonds. The summed E-state index contributed by atoms with van der Waals surface area (Å²) in [7, 11) is 1.97. The Hall–Kier alpha value is -3.08. The molecule has 5 heteroatoms. The van der Waals surface area contributed by atoms with Crippen LogP contribution in [0.15, 0.2) is 66.7 Å². The molecule has 3 saturated carbocycles. The zero-order chi connectivity index (χ0) is 26.7. The SMILES string of the molecule is CN1C(=O)C=C[C@]2(C)[C@H]3CC[C@]4(C)[C@@H](C(=O)NC(c5ccccc5)c5ccc(O)cc5)CC[C@H]4[C@@H]3CC[C@@H]12. The van der Waals surface area contributed by atoms with Crippen LogP contribution in [0.4, 0.5) is 0 Å². The molecule has 5 nitrogen and oxygen atoms in total. The van der Waals surface area contributed by atoms with Crippen LogP contribution in [0.2, 0.25) is 0 Å². The van der Waals surface area contributed by atoms with Gasteiger partial charge in [-0.1, -0.05) is 62.4 Å². The van der Waals surface area contributed by atoms with Crippen molar-refractivity contribution < 1.29 is 14.7 Å². The van der Waals surface area contributed by atoms with Crippen molar-refractivity contribution in [1.82, 2.24) is 10.2 Å². The maximum absolute atomic E-state index is 14.0. The molecule has 4 aliphatic rings. The smallest absolute Gasteiger partial charge is 0.246 e. The Morgan fingerprint density at radius 3 is 2.39 bits per heavy atom. The quantitative estimate of drug-likeness (QED) is 0.540. The largest absolute Gasteiger partial charge is 0.508 e. The Labute approximate surface area is 226 Å². The van der Waals surface area contributed by atoms with E-state index in [1.807, 2.05) is 42.3 Å². The van der Waals surface area contributed by atoms with Gasteiger partial charge in [-0.2, -0.15) is 0 Å². The number of hydrogen-bond donors (Lipinski definition) is 2. The van der Waals surface area contributed by atoms with Crippen molar-refractivity contribution in [3.8, 4) is 5.75 Å². The number of carbonyl (C=O) groups is 2. The van der Waals surface area contributed by atoms with Crippen molar-refractivity contribution in [2.24, 2.45) is 34.5 Å². The van der Waals surface area contributed by atoms with Gasteiger partial charge in [0.2, 0.25) is 11.8 Å². The van der Waals surface area contributed by atoms with Gasteiger partial charge in [-0.3, -0.25) is 9.59 Å². The predicted molar refractivity (Wildman–Crippen MR) is 148 cm³/mol. The van der Waals surface area contributed by atoms with Crippen molar-refractivity contribution >= 4 is 11.8 Å². The molecule has 0 spiro atoms. The molecule has 8 atom stereocenters. The van der Waals surface area contributed by atoms with Gasteiger partial charge in [0.25, 0.3) is 0 Å². The molecule has 2 aromatic carbocycles. The van der Waals surface area contributed by atoms with E-state index in [9.17, 15) is 14.7 Å². The summed E-state index contributed by atoms with van der Waals surface area (Å²) < 4.78 is 0. The van der Waals surface area contributed by atoms with Crippen molar-refractivity contribution in [2.45, 2.75) is 64.5 Å². The summed E-state index contributed by atoms with van der Waals surface area (Å²) in [6.07, 6.45) is 10.4. The van der Waals surface area contributed by atoms with E-state index in [0.29, 0.717) is 17.8 Å². The number of nitrogens with zero attached hydrogens (tertiary/aromatic N) is 1. The Kier molecular flexibility index (Phi) is 6.16. The van der Waals surface area contributed by atoms with Crippen LogP contribution in [0.5, 0.6) is 5.75 Å². The lowest BCUT2D eigenvalue weighted by Crippen LogP contribution is -2.59. The summed E-state index contributed by atoms with van der Waals surface area (Å²) in [6, 6.07) is 17.3. The third-order valence-corrected chi connectivity index (χ3v) is 11.1. The zero-order valence-corrected chi connectivity index (χ0v) is 22.8. The van der Waals surface area contributed by atoms with Crippen LogP contribution in [-0.4, -0.2) is 34.9 Å². The molecular formula is C33H40N2O3. The van der Waals surface area contributed by atoms with Crippen LogP contribution in [0, 0.1) is 34.5 Å². The number of hydrogen-bond acceptors (Lipinski definition) is 3. The number of aromatic hydroxyl groups is 1. The molecule has 0 bridgehead atoms. The van der Waals surface area contributed by atoms with E-state index >= 15 is 0 Å². The number of nitrogens with one attached hydrogen (secondary N) is 1. The molecule has 2 aromatic rings. The number of likely N-dealkylation sites (N-methyl/N-ethyl adjacent to an activating group) is 1. The Morgan fingerprint density at radius 1 is 0.947 bits per heavy atom. The minimum atomic E-state index is -0.252. The van der Waals surface area contributed by atoms with E-state index < -0.39 is 0 Å². The summed E-state index contributed by atoms with van der Waals surface area (Å²) in [4.78, 5) is 28.4. The molecule has 6 rings (SSSR count). The van der Waals surface area contributed by atoms with E-state index in [4.69, 9.17) is 0 Å². The number of rotatable bonds is 4. The van der Waals surface area contributed by atoms with Crippen LogP contribution in [0.1, 0.15) is 69.5 Å². The second kappa shape index (κ2) is 9.29. The molecule has 3 fully saturated rings. The third kappa shape index (κ3) is 3.88. The highest BCUT2D eigenvalue weighted by Crippen LogP contribution is 2.65. The van der Waals surface area contributed by atoms with Crippen molar-refractivity contribution in [3.63, 3.8) is 0 Å². The maximum atomic E-state index is 14.0. The van der Waals surface area contributed by atoms with E-state index in [2.05, 4.69) is 37.4 Å². The van der Waals surface area contributed by atoms with E-state index in [0.717, 1.165) is 49.7 Å². The third-order valence-electron chi connectivity index (χ3n) is 11.1. The second-order valence-electron chi connectivity index (χ2n) is 12.7. The lowest BCUT2D eigenvalue weighted by atomic mass is 9.47. The monoisotopic (exact) mass is 512 g/mol. The van der Waals surface area contributed by atoms with Crippen LogP contribution in [-0.2, 0) is 9.59 Å². The van der Waals surface area contributed by atoms with Gasteiger partial charge in [0.05, 0.1) is 6.04 Å².